The highest BCUT2D eigenvalue weighted by molar-refractivity contribution is 9.10. The van der Waals surface area contributed by atoms with E-state index >= 15 is 0 Å². The second kappa shape index (κ2) is 6.20. The minimum absolute atomic E-state index is 0.571. The van der Waals surface area contributed by atoms with E-state index in [2.05, 4.69) is 20.9 Å². The molecule has 0 atom stereocenters. The predicted octanol–water partition coefficient (Wildman–Crippen LogP) is 6.13. The van der Waals surface area contributed by atoms with Crippen LogP contribution in [-0.4, -0.2) is 14.4 Å². The van der Waals surface area contributed by atoms with Gasteiger partial charge in [0.25, 0.3) is 0 Å². The highest BCUT2D eigenvalue weighted by Gasteiger charge is 2.19. The van der Waals surface area contributed by atoms with Crippen molar-refractivity contribution < 1.29 is 0 Å². The lowest BCUT2D eigenvalue weighted by Crippen LogP contribution is -1.92. The minimum Gasteiger partial charge on any atom is -0.282 e. The normalized spacial score (nSPS) is 11.1. The number of hydrogen-bond acceptors (Lipinski definition) is 2. The van der Waals surface area contributed by atoms with Gasteiger partial charge < -0.3 is 0 Å². The van der Waals surface area contributed by atoms with Crippen LogP contribution in [0.1, 0.15) is 0 Å². The Hall–Kier alpha value is -1.88. The maximum atomic E-state index is 6.46. The molecular formula is C18H10BrCl2N3. The third-order valence-corrected chi connectivity index (χ3v) is 4.64. The molecule has 0 saturated carbocycles. The summed E-state index contributed by atoms with van der Waals surface area (Å²) in [5.41, 5.74) is 3.56. The Kier molecular flexibility index (Phi) is 4.04. The van der Waals surface area contributed by atoms with Gasteiger partial charge in [0.2, 0.25) is 5.78 Å². The highest BCUT2D eigenvalue weighted by atomic mass is 79.9. The van der Waals surface area contributed by atoms with Crippen LogP contribution in [0, 0.1) is 0 Å². The smallest absolute Gasteiger partial charge is 0.234 e. The van der Waals surface area contributed by atoms with E-state index in [0.717, 1.165) is 27.0 Å². The second-order valence-corrected chi connectivity index (χ2v) is 7.00. The third-order valence-electron chi connectivity index (χ3n) is 3.68. The molecule has 2 aromatic heterocycles. The summed E-state index contributed by atoms with van der Waals surface area (Å²) in [6, 6.07) is 15.4. The van der Waals surface area contributed by atoms with E-state index in [0.29, 0.717) is 15.8 Å². The van der Waals surface area contributed by atoms with Crippen LogP contribution in [0.25, 0.3) is 28.3 Å². The molecule has 0 N–H and O–H groups in total. The molecule has 118 valence electrons. The molecule has 4 rings (SSSR count). The fourth-order valence-corrected chi connectivity index (χ4v) is 3.45. The minimum atomic E-state index is 0.571. The van der Waals surface area contributed by atoms with Crippen LogP contribution in [0.4, 0.5) is 0 Å². The van der Waals surface area contributed by atoms with Crippen molar-refractivity contribution in [3.05, 3.63) is 75.4 Å². The van der Waals surface area contributed by atoms with Crippen LogP contribution in [0.2, 0.25) is 10.0 Å². The van der Waals surface area contributed by atoms with Crippen LogP contribution in [0.5, 0.6) is 0 Å². The lowest BCUT2D eigenvalue weighted by molar-refractivity contribution is 1.10. The Morgan fingerprint density at radius 3 is 2.54 bits per heavy atom. The molecule has 3 nitrogen and oxygen atoms in total. The van der Waals surface area contributed by atoms with Crippen molar-refractivity contribution in [1.82, 2.24) is 14.4 Å². The summed E-state index contributed by atoms with van der Waals surface area (Å²) in [7, 11) is 0. The molecule has 0 unspecified atom stereocenters. The van der Waals surface area contributed by atoms with Gasteiger partial charge in [0.15, 0.2) is 0 Å². The average molecular weight is 419 g/mol. The topological polar surface area (TPSA) is 30.2 Å². The lowest BCUT2D eigenvalue weighted by atomic mass is 10.0. The summed E-state index contributed by atoms with van der Waals surface area (Å²) < 4.78 is 2.79. The Bertz CT molecular complexity index is 1050. The highest BCUT2D eigenvalue weighted by Crippen LogP contribution is 2.37. The average Bonchev–Trinajstić information content (AvgIpc) is 2.94. The van der Waals surface area contributed by atoms with E-state index in [4.69, 9.17) is 28.2 Å². The maximum absolute atomic E-state index is 6.46. The molecule has 4 aromatic rings. The number of rotatable bonds is 2. The van der Waals surface area contributed by atoms with E-state index in [1.54, 1.807) is 12.3 Å². The zero-order valence-corrected chi connectivity index (χ0v) is 15.3. The Balaban J connectivity index is 2.09. The van der Waals surface area contributed by atoms with Crippen molar-refractivity contribution in [2.75, 3.05) is 0 Å². The van der Waals surface area contributed by atoms with Gasteiger partial charge in [0, 0.05) is 28.5 Å². The first-order valence-corrected chi connectivity index (χ1v) is 8.73. The summed E-state index contributed by atoms with van der Waals surface area (Å²) in [5, 5.41) is 1.17. The van der Waals surface area contributed by atoms with Crippen molar-refractivity contribution in [1.29, 1.82) is 0 Å². The molecule has 0 aliphatic carbocycles. The third kappa shape index (κ3) is 2.71. The number of benzene rings is 2. The van der Waals surface area contributed by atoms with E-state index in [1.165, 1.54) is 0 Å². The number of nitrogens with zero attached hydrogens (tertiary/aromatic N) is 3. The summed E-state index contributed by atoms with van der Waals surface area (Å²) >= 11 is 16.0. The van der Waals surface area contributed by atoms with Crippen LogP contribution in [0.15, 0.2) is 65.4 Å². The van der Waals surface area contributed by atoms with Crippen molar-refractivity contribution in [2.24, 2.45) is 0 Å². The number of hydrogen-bond donors (Lipinski definition) is 0. The van der Waals surface area contributed by atoms with Crippen molar-refractivity contribution in [3.63, 3.8) is 0 Å². The van der Waals surface area contributed by atoms with E-state index in [9.17, 15) is 0 Å². The lowest BCUT2D eigenvalue weighted by Gasteiger charge is -2.08. The van der Waals surface area contributed by atoms with Gasteiger partial charge in [-0.2, -0.15) is 0 Å². The van der Waals surface area contributed by atoms with Crippen LogP contribution >= 0.6 is 39.1 Å². The monoisotopic (exact) mass is 417 g/mol. The van der Waals surface area contributed by atoms with Crippen molar-refractivity contribution in [3.8, 4) is 22.5 Å². The zero-order valence-electron chi connectivity index (χ0n) is 12.2. The molecule has 0 fully saturated rings. The van der Waals surface area contributed by atoms with E-state index < -0.39 is 0 Å². The van der Waals surface area contributed by atoms with Gasteiger partial charge in [0.1, 0.15) is 0 Å². The van der Waals surface area contributed by atoms with Gasteiger partial charge in [-0.15, -0.1) is 0 Å². The fraction of sp³-hybridized carbons (Fsp3) is 0. The predicted molar refractivity (Wildman–Crippen MR) is 102 cm³/mol. The molecule has 24 heavy (non-hydrogen) atoms. The van der Waals surface area contributed by atoms with Gasteiger partial charge in [-0.3, -0.25) is 4.40 Å². The number of imidazole rings is 1. The Morgan fingerprint density at radius 1 is 1.00 bits per heavy atom. The summed E-state index contributed by atoms with van der Waals surface area (Å²) in [6.45, 7) is 0. The zero-order chi connectivity index (χ0) is 16.7. The van der Waals surface area contributed by atoms with E-state index in [-0.39, 0.29) is 0 Å². The number of fused-ring (bicyclic) bond motifs is 1. The number of aromatic nitrogens is 3. The first-order chi connectivity index (χ1) is 11.6. The Labute approximate surface area is 157 Å². The fourth-order valence-electron chi connectivity index (χ4n) is 2.65. The first-order valence-electron chi connectivity index (χ1n) is 7.18. The second-order valence-electron chi connectivity index (χ2n) is 5.24. The Morgan fingerprint density at radius 2 is 1.79 bits per heavy atom. The van der Waals surface area contributed by atoms with Gasteiger partial charge in [-0.25, -0.2) is 9.97 Å². The van der Waals surface area contributed by atoms with Crippen molar-refractivity contribution in [2.45, 2.75) is 0 Å². The molecule has 0 radical (unpaired) electrons. The molecule has 0 spiro atoms. The van der Waals surface area contributed by atoms with Gasteiger partial charge in [0.05, 0.1) is 20.9 Å². The summed E-state index contributed by atoms with van der Waals surface area (Å²) in [4.78, 5) is 9.10. The van der Waals surface area contributed by atoms with Crippen LogP contribution in [0.3, 0.4) is 0 Å². The van der Waals surface area contributed by atoms with Gasteiger partial charge in [-0.1, -0.05) is 53.5 Å². The molecule has 0 aliphatic heterocycles. The molecule has 0 amide bonds. The van der Waals surface area contributed by atoms with Crippen LogP contribution < -0.4 is 0 Å². The molecule has 0 aliphatic rings. The van der Waals surface area contributed by atoms with E-state index in [1.807, 2.05) is 53.1 Å². The quantitative estimate of drug-likeness (QED) is 0.391. The van der Waals surface area contributed by atoms with Crippen LogP contribution in [-0.2, 0) is 0 Å². The molecule has 2 aromatic carbocycles. The first kappa shape index (κ1) is 15.6. The van der Waals surface area contributed by atoms with Crippen molar-refractivity contribution >= 4 is 44.9 Å². The number of halogens is 3. The SMILES string of the molecule is Clc1ccc(-c2c(-c3ccccc3)nc3ncc(Br)cn23)c(Cl)c1. The largest absolute Gasteiger partial charge is 0.282 e. The molecule has 2 heterocycles. The molecule has 0 bridgehead atoms. The maximum Gasteiger partial charge on any atom is 0.234 e. The van der Waals surface area contributed by atoms with Gasteiger partial charge in [-0.05, 0) is 34.1 Å². The molecule has 6 heteroatoms. The molecule has 0 saturated heterocycles. The van der Waals surface area contributed by atoms with Gasteiger partial charge >= 0.3 is 0 Å². The summed E-state index contributed by atoms with van der Waals surface area (Å²) in [5.74, 6) is 0.609. The summed E-state index contributed by atoms with van der Waals surface area (Å²) in [6.07, 6.45) is 3.66. The standard InChI is InChI=1S/C18H10BrCl2N3/c19-12-9-22-18-23-16(11-4-2-1-3-5-11)17(24(18)10-12)14-7-6-13(20)8-15(14)21/h1-10H. The molecular weight excluding hydrogens is 409 g/mol.